The maximum Gasteiger partial charge on any atom is 0.0707 e. The van der Waals surface area contributed by atoms with E-state index < -0.39 is 0 Å². The first-order valence-corrected chi connectivity index (χ1v) is 5.19. The largest absolute Gasteiger partial charge is 0.253 e. The van der Waals surface area contributed by atoms with E-state index in [1.165, 1.54) is 16.7 Å². The topological polar surface area (TPSA) is 12.9 Å². The fourth-order valence-corrected chi connectivity index (χ4v) is 1.72. The molecule has 0 amide bonds. The molecule has 15 heavy (non-hydrogen) atoms. The summed E-state index contributed by atoms with van der Waals surface area (Å²) < 4.78 is 0. The lowest BCUT2D eigenvalue weighted by atomic mass is 10.0. The fraction of sp³-hybridized carbons (Fsp3) is 0.214. The molecule has 0 bridgehead atoms. The Bertz CT molecular complexity index is 486. The molecule has 0 atom stereocenters. The Morgan fingerprint density at radius 1 is 0.867 bits per heavy atom. The zero-order valence-electron chi connectivity index (χ0n) is 9.41. The van der Waals surface area contributed by atoms with E-state index in [9.17, 15) is 0 Å². The van der Waals surface area contributed by atoms with Crippen LogP contribution in [-0.4, -0.2) is 4.98 Å². The maximum absolute atomic E-state index is 4.55. The van der Waals surface area contributed by atoms with Crippen LogP contribution in [-0.2, 0) is 0 Å². The predicted molar refractivity (Wildman–Crippen MR) is 63.9 cm³/mol. The van der Waals surface area contributed by atoms with Crippen molar-refractivity contribution in [3.05, 3.63) is 53.2 Å². The molecule has 1 aromatic heterocycles. The van der Waals surface area contributed by atoms with Crippen LogP contribution in [0.15, 0.2) is 36.4 Å². The van der Waals surface area contributed by atoms with Crippen molar-refractivity contribution in [2.75, 3.05) is 0 Å². The molecule has 2 rings (SSSR count). The van der Waals surface area contributed by atoms with Crippen LogP contribution in [0.25, 0.3) is 11.3 Å². The zero-order chi connectivity index (χ0) is 10.8. The summed E-state index contributed by atoms with van der Waals surface area (Å²) in [6.45, 7) is 6.30. The predicted octanol–water partition coefficient (Wildman–Crippen LogP) is 3.67. The number of rotatable bonds is 1. The van der Waals surface area contributed by atoms with E-state index in [0.717, 1.165) is 11.4 Å². The summed E-state index contributed by atoms with van der Waals surface area (Å²) in [5, 5.41) is 0. The molecule has 0 saturated carbocycles. The standard InChI is InChI=1S/C14H15N/c1-10-6-4-8-13(12(10)3)14-9-5-7-11(2)15-14/h4-9H,1-3H3. The first-order valence-electron chi connectivity index (χ1n) is 5.19. The first-order chi connectivity index (χ1) is 7.18. The number of hydrogen-bond acceptors (Lipinski definition) is 1. The highest BCUT2D eigenvalue weighted by atomic mass is 14.7. The average molecular weight is 197 g/mol. The molecule has 76 valence electrons. The quantitative estimate of drug-likeness (QED) is 0.679. The minimum atomic E-state index is 1.06. The van der Waals surface area contributed by atoms with Crippen molar-refractivity contribution in [3.63, 3.8) is 0 Å². The number of pyridine rings is 1. The maximum atomic E-state index is 4.55. The molecular weight excluding hydrogens is 182 g/mol. The zero-order valence-corrected chi connectivity index (χ0v) is 9.41. The molecule has 0 fully saturated rings. The Labute approximate surface area is 90.8 Å². The van der Waals surface area contributed by atoms with Crippen molar-refractivity contribution >= 4 is 0 Å². The van der Waals surface area contributed by atoms with Crippen LogP contribution in [0.1, 0.15) is 16.8 Å². The van der Waals surface area contributed by atoms with Crippen LogP contribution in [0.5, 0.6) is 0 Å². The third-order valence-corrected chi connectivity index (χ3v) is 2.77. The van der Waals surface area contributed by atoms with Crippen LogP contribution >= 0.6 is 0 Å². The highest BCUT2D eigenvalue weighted by Crippen LogP contribution is 2.23. The number of nitrogens with zero attached hydrogens (tertiary/aromatic N) is 1. The van der Waals surface area contributed by atoms with E-state index in [-0.39, 0.29) is 0 Å². The van der Waals surface area contributed by atoms with Crippen LogP contribution in [0.3, 0.4) is 0 Å². The molecule has 1 heterocycles. The second-order valence-electron chi connectivity index (χ2n) is 3.91. The highest BCUT2D eigenvalue weighted by molar-refractivity contribution is 5.64. The summed E-state index contributed by atoms with van der Waals surface area (Å²) >= 11 is 0. The molecular formula is C14H15N. The minimum Gasteiger partial charge on any atom is -0.253 e. The first kappa shape index (κ1) is 9.91. The lowest BCUT2D eigenvalue weighted by molar-refractivity contribution is 1.19. The SMILES string of the molecule is Cc1cccc(-c2cccc(C)c2C)n1. The summed E-state index contributed by atoms with van der Waals surface area (Å²) in [6, 6.07) is 12.5. The molecule has 0 radical (unpaired) electrons. The summed E-state index contributed by atoms with van der Waals surface area (Å²) in [5.41, 5.74) is 6.00. The van der Waals surface area contributed by atoms with Gasteiger partial charge in [0.1, 0.15) is 0 Å². The Morgan fingerprint density at radius 3 is 2.33 bits per heavy atom. The normalized spacial score (nSPS) is 10.3. The van der Waals surface area contributed by atoms with E-state index in [2.05, 4.69) is 49.2 Å². The molecule has 1 heteroatoms. The number of aromatic nitrogens is 1. The van der Waals surface area contributed by atoms with Crippen molar-refractivity contribution < 1.29 is 0 Å². The van der Waals surface area contributed by atoms with Gasteiger partial charge in [0.2, 0.25) is 0 Å². The van der Waals surface area contributed by atoms with Crippen LogP contribution in [0, 0.1) is 20.8 Å². The van der Waals surface area contributed by atoms with Crippen LogP contribution in [0.2, 0.25) is 0 Å². The molecule has 1 nitrogen and oxygen atoms in total. The van der Waals surface area contributed by atoms with Gasteiger partial charge in [0.15, 0.2) is 0 Å². The van der Waals surface area contributed by atoms with E-state index in [1.54, 1.807) is 0 Å². The molecule has 0 aliphatic heterocycles. The Kier molecular flexibility index (Phi) is 2.55. The summed E-state index contributed by atoms with van der Waals surface area (Å²) in [4.78, 5) is 4.55. The number of hydrogen-bond donors (Lipinski definition) is 0. The van der Waals surface area contributed by atoms with Gasteiger partial charge in [-0.1, -0.05) is 24.3 Å². The van der Waals surface area contributed by atoms with Gasteiger partial charge in [-0.3, -0.25) is 4.98 Å². The fourth-order valence-electron chi connectivity index (χ4n) is 1.72. The van der Waals surface area contributed by atoms with E-state index in [0.29, 0.717) is 0 Å². The monoisotopic (exact) mass is 197 g/mol. The van der Waals surface area contributed by atoms with Gasteiger partial charge in [-0.05, 0) is 44.0 Å². The lowest BCUT2D eigenvalue weighted by Gasteiger charge is -2.08. The van der Waals surface area contributed by atoms with Gasteiger partial charge in [0.05, 0.1) is 5.69 Å². The van der Waals surface area contributed by atoms with Gasteiger partial charge in [-0.25, -0.2) is 0 Å². The Hall–Kier alpha value is -1.63. The molecule has 1 aromatic carbocycles. The van der Waals surface area contributed by atoms with Crippen molar-refractivity contribution in [2.45, 2.75) is 20.8 Å². The molecule has 0 aliphatic carbocycles. The third-order valence-electron chi connectivity index (χ3n) is 2.77. The average Bonchev–Trinajstić information content (AvgIpc) is 2.22. The van der Waals surface area contributed by atoms with E-state index >= 15 is 0 Å². The van der Waals surface area contributed by atoms with Crippen molar-refractivity contribution in [1.29, 1.82) is 0 Å². The van der Waals surface area contributed by atoms with E-state index in [4.69, 9.17) is 0 Å². The summed E-state index contributed by atoms with van der Waals surface area (Å²) in [7, 11) is 0. The van der Waals surface area contributed by atoms with Gasteiger partial charge in [-0.15, -0.1) is 0 Å². The lowest BCUT2D eigenvalue weighted by Crippen LogP contribution is -1.90. The Morgan fingerprint density at radius 2 is 1.60 bits per heavy atom. The van der Waals surface area contributed by atoms with E-state index in [1.807, 2.05) is 13.0 Å². The van der Waals surface area contributed by atoms with Crippen LogP contribution < -0.4 is 0 Å². The smallest absolute Gasteiger partial charge is 0.0707 e. The van der Waals surface area contributed by atoms with Crippen LogP contribution in [0.4, 0.5) is 0 Å². The minimum absolute atomic E-state index is 1.06. The van der Waals surface area contributed by atoms with Crippen molar-refractivity contribution in [3.8, 4) is 11.3 Å². The molecule has 0 N–H and O–H groups in total. The van der Waals surface area contributed by atoms with Gasteiger partial charge >= 0.3 is 0 Å². The second kappa shape index (κ2) is 3.85. The molecule has 0 saturated heterocycles. The van der Waals surface area contributed by atoms with Gasteiger partial charge in [-0.2, -0.15) is 0 Å². The number of aryl methyl sites for hydroxylation is 2. The molecule has 0 aliphatic rings. The van der Waals surface area contributed by atoms with Gasteiger partial charge < -0.3 is 0 Å². The number of benzene rings is 1. The molecule has 0 unspecified atom stereocenters. The van der Waals surface area contributed by atoms with Crippen molar-refractivity contribution in [2.24, 2.45) is 0 Å². The third kappa shape index (κ3) is 1.91. The molecule has 2 aromatic rings. The highest BCUT2D eigenvalue weighted by Gasteiger charge is 2.04. The van der Waals surface area contributed by atoms with Crippen molar-refractivity contribution in [1.82, 2.24) is 4.98 Å². The summed E-state index contributed by atoms with van der Waals surface area (Å²) in [5.74, 6) is 0. The van der Waals surface area contributed by atoms with Gasteiger partial charge in [0.25, 0.3) is 0 Å². The molecule has 0 spiro atoms. The second-order valence-corrected chi connectivity index (χ2v) is 3.91. The Balaban J connectivity index is 2.59. The summed E-state index contributed by atoms with van der Waals surface area (Å²) in [6.07, 6.45) is 0. The van der Waals surface area contributed by atoms with Gasteiger partial charge in [0, 0.05) is 11.3 Å².